The van der Waals surface area contributed by atoms with Crippen molar-refractivity contribution in [1.29, 1.82) is 0 Å². The standard InChI is InChI=1S/C13H16F2O4/c1-3-8(2)7-18-11-6-9(12(16)17)4-5-10(11)19-13(14)15/h4-6,8,13H,3,7H2,1-2H3,(H,16,17). The van der Waals surface area contributed by atoms with Crippen molar-refractivity contribution < 1.29 is 28.2 Å². The molecule has 0 aromatic heterocycles. The molecule has 1 aromatic carbocycles. The van der Waals surface area contributed by atoms with Crippen molar-refractivity contribution in [3.63, 3.8) is 0 Å². The molecular formula is C13H16F2O4. The summed E-state index contributed by atoms with van der Waals surface area (Å²) in [6, 6.07) is 3.54. The van der Waals surface area contributed by atoms with Crippen molar-refractivity contribution >= 4 is 5.97 Å². The third-order valence-electron chi connectivity index (χ3n) is 2.63. The Morgan fingerprint density at radius 1 is 1.37 bits per heavy atom. The van der Waals surface area contributed by atoms with Crippen LogP contribution in [0.2, 0.25) is 0 Å². The van der Waals surface area contributed by atoms with Crippen molar-refractivity contribution in [3.05, 3.63) is 23.8 Å². The van der Waals surface area contributed by atoms with E-state index in [-0.39, 0.29) is 23.0 Å². The van der Waals surface area contributed by atoms with Crippen molar-refractivity contribution in [2.24, 2.45) is 5.92 Å². The zero-order valence-electron chi connectivity index (χ0n) is 10.7. The lowest BCUT2D eigenvalue weighted by Gasteiger charge is -2.15. The Bertz CT molecular complexity index is 435. The second kappa shape index (κ2) is 6.92. The predicted octanol–water partition coefficient (Wildman–Crippen LogP) is 3.41. The van der Waals surface area contributed by atoms with Crippen molar-refractivity contribution in [3.8, 4) is 11.5 Å². The van der Waals surface area contributed by atoms with Gasteiger partial charge in [0.15, 0.2) is 11.5 Å². The fourth-order valence-electron chi connectivity index (χ4n) is 1.30. The first kappa shape index (κ1) is 15.2. The Balaban J connectivity index is 2.93. The van der Waals surface area contributed by atoms with Gasteiger partial charge in [-0.15, -0.1) is 0 Å². The van der Waals surface area contributed by atoms with E-state index in [0.29, 0.717) is 6.61 Å². The molecule has 0 heterocycles. The molecule has 1 N–H and O–H groups in total. The number of hydrogen-bond acceptors (Lipinski definition) is 3. The van der Waals surface area contributed by atoms with Gasteiger partial charge in [-0.25, -0.2) is 4.79 Å². The molecule has 1 unspecified atom stereocenters. The van der Waals surface area contributed by atoms with E-state index in [1.54, 1.807) is 0 Å². The third kappa shape index (κ3) is 4.73. The van der Waals surface area contributed by atoms with Gasteiger partial charge < -0.3 is 14.6 Å². The Morgan fingerprint density at radius 3 is 2.58 bits per heavy atom. The molecule has 1 aromatic rings. The molecule has 0 radical (unpaired) electrons. The predicted molar refractivity (Wildman–Crippen MR) is 65.0 cm³/mol. The van der Waals surface area contributed by atoms with Crippen molar-refractivity contribution in [2.45, 2.75) is 26.9 Å². The van der Waals surface area contributed by atoms with Crippen molar-refractivity contribution in [2.75, 3.05) is 6.61 Å². The number of halogens is 2. The summed E-state index contributed by atoms with van der Waals surface area (Å²) in [7, 11) is 0. The molecular weight excluding hydrogens is 258 g/mol. The average Bonchev–Trinajstić information content (AvgIpc) is 2.36. The summed E-state index contributed by atoms with van der Waals surface area (Å²) in [5.74, 6) is -1.08. The zero-order valence-corrected chi connectivity index (χ0v) is 10.7. The molecule has 0 amide bonds. The molecule has 4 nitrogen and oxygen atoms in total. The van der Waals surface area contributed by atoms with E-state index < -0.39 is 12.6 Å². The van der Waals surface area contributed by atoms with Crippen LogP contribution < -0.4 is 9.47 Å². The maximum Gasteiger partial charge on any atom is 0.387 e. The van der Waals surface area contributed by atoms with Crippen LogP contribution in [0.5, 0.6) is 11.5 Å². The van der Waals surface area contributed by atoms with Gasteiger partial charge in [0, 0.05) is 0 Å². The number of alkyl halides is 2. The van der Waals surface area contributed by atoms with E-state index in [1.807, 2.05) is 13.8 Å². The highest BCUT2D eigenvalue weighted by Gasteiger charge is 2.15. The largest absolute Gasteiger partial charge is 0.489 e. The first-order chi connectivity index (χ1) is 8.93. The number of carboxylic acids is 1. The molecule has 0 aliphatic heterocycles. The summed E-state index contributed by atoms with van der Waals surface area (Å²) in [6.45, 7) is 1.23. The molecule has 0 fully saturated rings. The molecule has 19 heavy (non-hydrogen) atoms. The Labute approximate surface area is 109 Å². The topological polar surface area (TPSA) is 55.8 Å². The van der Waals surface area contributed by atoms with Crippen LogP contribution in [-0.2, 0) is 0 Å². The van der Waals surface area contributed by atoms with Crippen molar-refractivity contribution in [1.82, 2.24) is 0 Å². The highest BCUT2D eigenvalue weighted by atomic mass is 19.3. The molecule has 1 atom stereocenters. The molecule has 1 rings (SSSR count). The Hall–Kier alpha value is -1.85. The number of rotatable bonds is 7. The second-order valence-electron chi connectivity index (χ2n) is 4.17. The number of carboxylic acid groups (broad SMARTS) is 1. The molecule has 0 bridgehead atoms. The van der Waals surface area contributed by atoms with E-state index in [2.05, 4.69) is 4.74 Å². The lowest BCUT2D eigenvalue weighted by molar-refractivity contribution is -0.0516. The number of aromatic carboxylic acids is 1. The highest BCUT2D eigenvalue weighted by molar-refractivity contribution is 5.88. The van der Waals surface area contributed by atoms with Gasteiger partial charge in [0.2, 0.25) is 0 Å². The van der Waals surface area contributed by atoms with Gasteiger partial charge in [0.05, 0.1) is 12.2 Å². The lowest BCUT2D eigenvalue weighted by atomic mass is 10.1. The van der Waals surface area contributed by atoms with Crippen LogP contribution in [-0.4, -0.2) is 24.3 Å². The maximum absolute atomic E-state index is 12.2. The fraction of sp³-hybridized carbons (Fsp3) is 0.462. The van der Waals surface area contributed by atoms with Gasteiger partial charge >= 0.3 is 12.6 Å². The molecule has 0 spiro atoms. The van der Waals surface area contributed by atoms with E-state index in [4.69, 9.17) is 9.84 Å². The van der Waals surface area contributed by atoms with Crippen LogP contribution in [0.3, 0.4) is 0 Å². The van der Waals surface area contributed by atoms with Gasteiger partial charge in [0.1, 0.15) is 0 Å². The summed E-state index contributed by atoms with van der Waals surface area (Å²) >= 11 is 0. The first-order valence-corrected chi connectivity index (χ1v) is 5.89. The zero-order chi connectivity index (χ0) is 14.4. The number of ether oxygens (including phenoxy) is 2. The molecule has 106 valence electrons. The quantitative estimate of drug-likeness (QED) is 0.827. The number of benzene rings is 1. The summed E-state index contributed by atoms with van der Waals surface area (Å²) in [6.07, 6.45) is 0.865. The minimum Gasteiger partial charge on any atom is -0.489 e. The van der Waals surface area contributed by atoms with Gasteiger partial charge in [-0.2, -0.15) is 8.78 Å². The van der Waals surface area contributed by atoms with E-state index in [0.717, 1.165) is 6.42 Å². The van der Waals surface area contributed by atoms with Gasteiger partial charge in [-0.3, -0.25) is 0 Å². The van der Waals surface area contributed by atoms with Crippen LogP contribution in [0, 0.1) is 5.92 Å². The smallest absolute Gasteiger partial charge is 0.387 e. The molecule has 0 saturated heterocycles. The van der Waals surface area contributed by atoms with Crippen LogP contribution in [0.4, 0.5) is 8.78 Å². The highest BCUT2D eigenvalue weighted by Crippen LogP contribution is 2.30. The summed E-state index contributed by atoms with van der Waals surface area (Å²) in [4.78, 5) is 10.8. The fourth-order valence-corrected chi connectivity index (χ4v) is 1.30. The summed E-state index contributed by atoms with van der Waals surface area (Å²) < 4.78 is 34.1. The molecule has 0 aliphatic rings. The Morgan fingerprint density at radius 2 is 2.05 bits per heavy atom. The van der Waals surface area contributed by atoms with E-state index in [1.165, 1.54) is 18.2 Å². The SMILES string of the molecule is CCC(C)COc1cc(C(=O)O)ccc1OC(F)F. The number of carbonyl (C=O) groups is 1. The molecule has 6 heteroatoms. The Kier molecular flexibility index (Phi) is 5.54. The van der Waals surface area contributed by atoms with Crippen LogP contribution in [0.15, 0.2) is 18.2 Å². The minimum absolute atomic E-state index is 0.0144. The lowest BCUT2D eigenvalue weighted by Crippen LogP contribution is -2.10. The summed E-state index contributed by atoms with van der Waals surface area (Å²) in [5.41, 5.74) is -0.0410. The van der Waals surface area contributed by atoms with Gasteiger partial charge in [0.25, 0.3) is 0 Å². The minimum atomic E-state index is -2.98. The van der Waals surface area contributed by atoms with Crippen LogP contribution >= 0.6 is 0 Å². The van der Waals surface area contributed by atoms with Crippen LogP contribution in [0.1, 0.15) is 30.6 Å². The van der Waals surface area contributed by atoms with E-state index >= 15 is 0 Å². The number of hydrogen-bond donors (Lipinski definition) is 1. The molecule has 0 saturated carbocycles. The third-order valence-corrected chi connectivity index (χ3v) is 2.63. The van der Waals surface area contributed by atoms with Gasteiger partial charge in [-0.1, -0.05) is 20.3 Å². The second-order valence-corrected chi connectivity index (χ2v) is 4.17. The van der Waals surface area contributed by atoms with Crippen LogP contribution in [0.25, 0.3) is 0 Å². The average molecular weight is 274 g/mol. The van der Waals surface area contributed by atoms with Gasteiger partial charge in [-0.05, 0) is 24.1 Å². The normalized spacial score (nSPS) is 12.3. The first-order valence-electron chi connectivity index (χ1n) is 5.89. The molecule has 0 aliphatic carbocycles. The monoisotopic (exact) mass is 274 g/mol. The summed E-state index contributed by atoms with van der Waals surface area (Å²) in [5, 5.41) is 8.86. The maximum atomic E-state index is 12.2. The van der Waals surface area contributed by atoms with E-state index in [9.17, 15) is 13.6 Å².